The lowest BCUT2D eigenvalue weighted by molar-refractivity contribution is -0.128. The normalized spacial score (nSPS) is 14.7. The average molecular weight is 295 g/mol. The third-order valence-electron chi connectivity index (χ3n) is 3.63. The molecule has 7 heteroatoms. The summed E-state index contributed by atoms with van der Waals surface area (Å²) in [5, 5.41) is 4.34. The van der Waals surface area contributed by atoms with Crippen molar-refractivity contribution in [1.82, 2.24) is 14.7 Å². The van der Waals surface area contributed by atoms with Crippen LogP contribution in [0.15, 0.2) is 0 Å². The van der Waals surface area contributed by atoms with E-state index in [1.165, 1.54) is 0 Å². The summed E-state index contributed by atoms with van der Waals surface area (Å²) < 4.78 is 1.72. The molecule has 1 saturated heterocycles. The summed E-state index contributed by atoms with van der Waals surface area (Å²) in [5.41, 5.74) is 7.31. The van der Waals surface area contributed by atoms with Gasteiger partial charge in [-0.1, -0.05) is 12.2 Å². The molecule has 20 heavy (non-hydrogen) atoms. The van der Waals surface area contributed by atoms with Gasteiger partial charge in [0.2, 0.25) is 5.91 Å². The van der Waals surface area contributed by atoms with E-state index >= 15 is 0 Å². The van der Waals surface area contributed by atoms with Gasteiger partial charge in [0.1, 0.15) is 10.8 Å². The first-order valence-corrected chi connectivity index (χ1v) is 7.15. The number of nitrogens with zero attached hydrogens (tertiary/aromatic N) is 4. The highest BCUT2D eigenvalue weighted by Gasteiger charge is 2.23. The molecule has 0 aliphatic carbocycles. The summed E-state index contributed by atoms with van der Waals surface area (Å²) in [6.45, 7) is 3.90. The van der Waals surface area contributed by atoms with E-state index < -0.39 is 0 Å². The van der Waals surface area contributed by atoms with Gasteiger partial charge >= 0.3 is 0 Å². The molecule has 1 aliphatic heterocycles. The van der Waals surface area contributed by atoms with Crippen molar-refractivity contribution in [2.24, 2.45) is 12.8 Å². The Balaban J connectivity index is 2.18. The number of hydrogen-bond acceptors (Lipinski definition) is 4. The van der Waals surface area contributed by atoms with Gasteiger partial charge in [-0.25, -0.2) is 0 Å². The van der Waals surface area contributed by atoms with Gasteiger partial charge in [-0.05, 0) is 19.8 Å². The molecule has 6 nitrogen and oxygen atoms in total. The number of carbonyl (C=O) groups is 1. The quantitative estimate of drug-likeness (QED) is 0.816. The second-order valence-electron chi connectivity index (χ2n) is 5.22. The second kappa shape index (κ2) is 5.78. The summed E-state index contributed by atoms with van der Waals surface area (Å²) in [6.07, 6.45) is 2.19. The number of aromatic nitrogens is 2. The number of thiocarbonyl (C=S) groups is 1. The summed E-state index contributed by atoms with van der Waals surface area (Å²) in [4.78, 5) is 16.3. The molecule has 1 aromatic rings. The monoisotopic (exact) mass is 295 g/mol. The van der Waals surface area contributed by atoms with E-state index in [-0.39, 0.29) is 5.91 Å². The first-order chi connectivity index (χ1) is 9.41. The Morgan fingerprint density at radius 1 is 1.45 bits per heavy atom. The lowest BCUT2D eigenvalue weighted by Crippen LogP contribution is -2.38. The molecule has 0 saturated carbocycles. The van der Waals surface area contributed by atoms with Crippen LogP contribution in [-0.4, -0.2) is 52.3 Å². The Kier molecular flexibility index (Phi) is 4.27. The van der Waals surface area contributed by atoms with Crippen LogP contribution >= 0.6 is 12.2 Å². The van der Waals surface area contributed by atoms with E-state index in [1.54, 1.807) is 4.68 Å². The minimum atomic E-state index is 0.137. The first kappa shape index (κ1) is 14.8. The molecule has 2 N–H and O–H groups in total. The standard InChI is InChI=1S/C13H21N5OS/c1-9-11(12(14)20)13(17(3)15-9)16(2)8-10(19)18-6-4-5-7-18/h4-8H2,1-3H3,(H2,14,20). The highest BCUT2D eigenvalue weighted by atomic mass is 32.1. The van der Waals surface area contributed by atoms with Crippen LogP contribution in [0, 0.1) is 6.92 Å². The third kappa shape index (κ3) is 2.77. The van der Waals surface area contributed by atoms with Crippen molar-refractivity contribution >= 4 is 28.9 Å². The van der Waals surface area contributed by atoms with Crippen LogP contribution < -0.4 is 10.6 Å². The van der Waals surface area contributed by atoms with Crippen molar-refractivity contribution < 1.29 is 4.79 Å². The van der Waals surface area contributed by atoms with E-state index in [0.717, 1.165) is 43.0 Å². The van der Waals surface area contributed by atoms with E-state index in [4.69, 9.17) is 18.0 Å². The van der Waals surface area contributed by atoms with Gasteiger partial charge in [0.15, 0.2) is 0 Å². The number of nitrogens with two attached hydrogens (primary N) is 1. The van der Waals surface area contributed by atoms with Crippen LogP contribution in [0.25, 0.3) is 0 Å². The van der Waals surface area contributed by atoms with E-state index in [2.05, 4.69) is 5.10 Å². The summed E-state index contributed by atoms with van der Waals surface area (Å²) in [5.74, 6) is 0.931. The summed E-state index contributed by atoms with van der Waals surface area (Å²) in [7, 11) is 3.70. The molecule has 1 amide bonds. The SMILES string of the molecule is Cc1nn(C)c(N(C)CC(=O)N2CCCC2)c1C(N)=S. The number of rotatable bonds is 4. The van der Waals surface area contributed by atoms with E-state index in [0.29, 0.717) is 11.5 Å². The molecule has 110 valence electrons. The number of amides is 1. The second-order valence-corrected chi connectivity index (χ2v) is 5.66. The van der Waals surface area contributed by atoms with Crippen LogP contribution in [0.3, 0.4) is 0 Å². The number of carbonyl (C=O) groups excluding carboxylic acids is 1. The number of anilines is 1. The van der Waals surface area contributed by atoms with Crippen LogP contribution in [0.4, 0.5) is 5.82 Å². The molecular formula is C13H21N5OS. The fourth-order valence-corrected chi connectivity index (χ4v) is 2.96. The van der Waals surface area contributed by atoms with E-state index in [1.807, 2.05) is 30.8 Å². The lowest BCUT2D eigenvalue weighted by Gasteiger charge is -2.23. The zero-order valence-corrected chi connectivity index (χ0v) is 13.0. The molecule has 0 radical (unpaired) electrons. The maximum atomic E-state index is 12.2. The smallest absolute Gasteiger partial charge is 0.242 e. The van der Waals surface area contributed by atoms with Gasteiger partial charge < -0.3 is 15.5 Å². The first-order valence-electron chi connectivity index (χ1n) is 6.74. The molecule has 0 spiro atoms. The van der Waals surface area contributed by atoms with Crippen LogP contribution in [-0.2, 0) is 11.8 Å². The molecule has 2 rings (SSSR count). The number of aryl methyl sites for hydroxylation is 2. The van der Waals surface area contributed by atoms with E-state index in [9.17, 15) is 4.79 Å². The highest BCUT2D eigenvalue weighted by molar-refractivity contribution is 7.80. The van der Waals surface area contributed by atoms with Gasteiger partial charge in [-0.3, -0.25) is 9.48 Å². The van der Waals surface area contributed by atoms with Crippen molar-refractivity contribution in [2.45, 2.75) is 19.8 Å². The van der Waals surface area contributed by atoms with Crippen molar-refractivity contribution in [2.75, 3.05) is 31.6 Å². The zero-order chi connectivity index (χ0) is 14.9. The molecule has 1 fully saturated rings. The van der Waals surface area contributed by atoms with Crippen LogP contribution in [0.5, 0.6) is 0 Å². The molecule has 0 unspecified atom stereocenters. The average Bonchev–Trinajstić information content (AvgIpc) is 2.96. The fourth-order valence-electron chi connectivity index (χ4n) is 2.72. The molecular weight excluding hydrogens is 274 g/mol. The predicted octanol–water partition coefficient (Wildman–Crippen LogP) is 0.421. The number of hydrogen-bond donors (Lipinski definition) is 1. The van der Waals surface area contributed by atoms with Gasteiger partial charge in [-0.15, -0.1) is 0 Å². The Labute approximate surface area is 124 Å². The van der Waals surface area contributed by atoms with Crippen molar-refractivity contribution in [3.63, 3.8) is 0 Å². The van der Waals surface area contributed by atoms with Crippen LogP contribution in [0.2, 0.25) is 0 Å². The van der Waals surface area contributed by atoms with Crippen molar-refractivity contribution in [1.29, 1.82) is 0 Å². The van der Waals surface area contributed by atoms with Crippen LogP contribution in [0.1, 0.15) is 24.1 Å². The molecule has 1 aliphatic rings. The maximum absolute atomic E-state index is 12.2. The molecule has 0 aromatic carbocycles. The lowest BCUT2D eigenvalue weighted by atomic mass is 10.2. The Bertz CT molecular complexity index is 533. The molecule has 0 bridgehead atoms. The largest absolute Gasteiger partial charge is 0.389 e. The molecule has 2 heterocycles. The number of likely N-dealkylation sites (tertiary alicyclic amines) is 1. The zero-order valence-electron chi connectivity index (χ0n) is 12.2. The summed E-state index contributed by atoms with van der Waals surface area (Å²) in [6, 6.07) is 0. The van der Waals surface area contributed by atoms with Crippen molar-refractivity contribution in [3.05, 3.63) is 11.3 Å². The summed E-state index contributed by atoms with van der Waals surface area (Å²) >= 11 is 5.09. The Hall–Kier alpha value is -1.63. The maximum Gasteiger partial charge on any atom is 0.242 e. The minimum Gasteiger partial charge on any atom is -0.389 e. The number of likely N-dealkylation sites (N-methyl/N-ethyl adjacent to an activating group) is 1. The third-order valence-corrected chi connectivity index (χ3v) is 3.84. The van der Waals surface area contributed by atoms with Gasteiger partial charge in [0, 0.05) is 27.2 Å². The fraction of sp³-hybridized carbons (Fsp3) is 0.615. The highest BCUT2D eigenvalue weighted by Crippen LogP contribution is 2.22. The molecule has 1 aromatic heterocycles. The molecule has 0 atom stereocenters. The van der Waals surface area contributed by atoms with Gasteiger partial charge in [0.25, 0.3) is 0 Å². The van der Waals surface area contributed by atoms with Crippen molar-refractivity contribution in [3.8, 4) is 0 Å². The Morgan fingerprint density at radius 2 is 2.05 bits per heavy atom. The predicted molar refractivity (Wildman–Crippen MR) is 82.9 cm³/mol. The topological polar surface area (TPSA) is 67.4 Å². The van der Waals surface area contributed by atoms with Gasteiger partial charge in [0.05, 0.1) is 17.8 Å². The minimum absolute atomic E-state index is 0.137. The van der Waals surface area contributed by atoms with Gasteiger partial charge in [-0.2, -0.15) is 5.10 Å². The Morgan fingerprint density at radius 3 is 2.60 bits per heavy atom.